The van der Waals surface area contributed by atoms with Gasteiger partial charge < -0.3 is 21.9 Å². The molecule has 1 heterocycles. The van der Waals surface area contributed by atoms with Crippen LogP contribution in [0, 0.1) is 12.8 Å². The van der Waals surface area contributed by atoms with Gasteiger partial charge in [-0.3, -0.25) is 0 Å². The first kappa shape index (κ1) is 15.8. The van der Waals surface area contributed by atoms with Crippen LogP contribution in [-0.2, 0) is 23.3 Å². The predicted molar refractivity (Wildman–Crippen MR) is 59.5 cm³/mol. The molecule has 0 aromatic rings. The average molecular weight is 264 g/mol. The minimum absolute atomic E-state index is 0. The van der Waals surface area contributed by atoms with Gasteiger partial charge in [-0.25, -0.2) is 4.79 Å². The molecule has 0 aromatic carbocycles. The van der Waals surface area contributed by atoms with E-state index in [0.717, 1.165) is 13.1 Å². The summed E-state index contributed by atoms with van der Waals surface area (Å²) < 4.78 is 5.31. The third-order valence-corrected chi connectivity index (χ3v) is 2.12. The van der Waals surface area contributed by atoms with Gasteiger partial charge >= 0.3 is 6.09 Å². The van der Waals surface area contributed by atoms with E-state index in [1.807, 2.05) is 20.8 Å². The zero-order valence-electron chi connectivity index (χ0n) is 10.3. The third-order valence-electron chi connectivity index (χ3n) is 2.12. The Morgan fingerprint density at radius 3 is 2.69 bits per heavy atom. The van der Waals surface area contributed by atoms with E-state index in [-0.39, 0.29) is 30.6 Å². The van der Waals surface area contributed by atoms with Crippen LogP contribution in [0.5, 0.6) is 0 Å². The Hall–Kier alpha value is -0.186. The van der Waals surface area contributed by atoms with E-state index in [9.17, 15) is 4.79 Å². The fraction of sp³-hybridized carbons (Fsp3) is 0.818. The smallest absolute Gasteiger partial charge is 0.410 e. The van der Waals surface area contributed by atoms with Gasteiger partial charge in [0.25, 0.3) is 0 Å². The summed E-state index contributed by atoms with van der Waals surface area (Å²) >= 11 is 0. The first-order chi connectivity index (χ1) is 6.88. The van der Waals surface area contributed by atoms with Crippen molar-refractivity contribution in [3.63, 3.8) is 0 Å². The van der Waals surface area contributed by atoms with E-state index >= 15 is 0 Å². The molecule has 0 aromatic heterocycles. The van der Waals surface area contributed by atoms with Crippen molar-refractivity contribution in [1.29, 1.82) is 0 Å². The number of carbonyl (C=O) groups is 1. The molecule has 1 rings (SSSR count). The molecular weight excluding hydrogens is 243 g/mol. The van der Waals surface area contributed by atoms with E-state index in [1.54, 1.807) is 4.90 Å². The molecule has 1 aliphatic rings. The molecule has 1 atom stereocenters. The molecule has 1 unspecified atom stereocenters. The van der Waals surface area contributed by atoms with Gasteiger partial charge in [0.15, 0.2) is 0 Å². The molecule has 1 amide bonds. The van der Waals surface area contributed by atoms with Crippen molar-refractivity contribution in [2.45, 2.75) is 26.4 Å². The summed E-state index contributed by atoms with van der Waals surface area (Å²) in [4.78, 5) is 13.5. The second-order valence-electron chi connectivity index (χ2n) is 5.00. The van der Waals surface area contributed by atoms with Crippen LogP contribution in [0.15, 0.2) is 0 Å². The van der Waals surface area contributed by atoms with Gasteiger partial charge in [0.2, 0.25) is 0 Å². The molecule has 5 heteroatoms. The summed E-state index contributed by atoms with van der Waals surface area (Å²) in [6.45, 7) is 12.6. The summed E-state index contributed by atoms with van der Waals surface area (Å²) in [5, 5.41) is 3.23. The monoisotopic (exact) mass is 264 g/mol. The average Bonchev–Trinajstić information content (AvgIpc) is 2.26. The zero-order valence-corrected chi connectivity index (χ0v) is 11.7. The predicted octanol–water partition coefficient (Wildman–Crippen LogP) is 1.27. The Kier molecular flexibility index (Phi) is 6.45. The Morgan fingerprint density at radius 2 is 2.12 bits per heavy atom. The molecule has 4 nitrogen and oxygen atoms in total. The molecule has 0 spiro atoms. The van der Waals surface area contributed by atoms with E-state index in [4.69, 9.17) is 4.74 Å². The van der Waals surface area contributed by atoms with Crippen LogP contribution in [0.2, 0.25) is 0 Å². The van der Waals surface area contributed by atoms with Gasteiger partial charge in [0, 0.05) is 38.2 Å². The van der Waals surface area contributed by atoms with Gasteiger partial charge in [-0.1, -0.05) is 0 Å². The Labute approximate surface area is 110 Å². The minimum Gasteiger partial charge on any atom is -0.444 e. The van der Waals surface area contributed by atoms with Gasteiger partial charge in [0.1, 0.15) is 5.60 Å². The maximum absolute atomic E-state index is 11.8. The van der Waals surface area contributed by atoms with E-state index in [2.05, 4.69) is 12.2 Å². The molecule has 93 valence electrons. The molecule has 1 fully saturated rings. The number of ether oxygens (including phenoxy) is 1. The maximum Gasteiger partial charge on any atom is 0.410 e. The van der Waals surface area contributed by atoms with Gasteiger partial charge in [-0.2, -0.15) is 0 Å². The van der Waals surface area contributed by atoms with Crippen LogP contribution in [-0.4, -0.2) is 42.8 Å². The molecule has 1 N–H and O–H groups in total. The molecule has 1 saturated heterocycles. The van der Waals surface area contributed by atoms with E-state index < -0.39 is 5.60 Å². The normalized spacial score (nSPS) is 22.0. The van der Waals surface area contributed by atoms with Crippen LogP contribution in [0.3, 0.4) is 0 Å². The Balaban J connectivity index is 0.00000225. The van der Waals surface area contributed by atoms with Crippen molar-refractivity contribution in [2.24, 2.45) is 5.92 Å². The summed E-state index contributed by atoms with van der Waals surface area (Å²) in [5.74, 6) is 0.236. The van der Waals surface area contributed by atoms with Gasteiger partial charge in [-0.15, -0.1) is 5.92 Å². The van der Waals surface area contributed by atoms with E-state index in [0.29, 0.717) is 13.1 Å². The molecule has 16 heavy (non-hydrogen) atoms. The fourth-order valence-electron chi connectivity index (χ4n) is 1.48. The fourth-order valence-corrected chi connectivity index (χ4v) is 1.48. The van der Waals surface area contributed by atoms with Crippen LogP contribution < -0.4 is 5.32 Å². The standard InChI is InChI=1S/C11H21N2O2.V/c1-9-7-12-5-6-13(8-9)10(14)15-11(2,3)4;/h9,12H,1,5-8H2,2-4H3;/q-1;. The SMILES string of the molecule is [CH2-]C1CNCCN(C(=O)OC(C)(C)C)C1.[V]. The Bertz CT molecular complexity index is 229. The van der Waals surface area contributed by atoms with Crippen LogP contribution in [0.1, 0.15) is 20.8 Å². The first-order valence-electron chi connectivity index (χ1n) is 5.40. The summed E-state index contributed by atoms with van der Waals surface area (Å²) in [6.07, 6.45) is -0.236. The van der Waals surface area contributed by atoms with Crippen LogP contribution in [0.4, 0.5) is 4.79 Å². The number of nitrogens with zero attached hydrogens (tertiary/aromatic N) is 1. The summed E-state index contributed by atoms with van der Waals surface area (Å²) in [5.41, 5.74) is -0.423. The number of nitrogens with one attached hydrogen (secondary N) is 1. The van der Waals surface area contributed by atoms with Gasteiger partial charge in [0.05, 0.1) is 0 Å². The quantitative estimate of drug-likeness (QED) is 0.670. The summed E-state index contributed by atoms with van der Waals surface area (Å²) in [7, 11) is 0. The Morgan fingerprint density at radius 1 is 1.50 bits per heavy atom. The molecular formula is C11H21N2O2V-. The number of hydrogen-bond donors (Lipinski definition) is 1. The van der Waals surface area contributed by atoms with Crippen LogP contribution >= 0.6 is 0 Å². The second-order valence-corrected chi connectivity index (χ2v) is 5.00. The van der Waals surface area contributed by atoms with Crippen LogP contribution in [0.25, 0.3) is 0 Å². The number of amides is 1. The van der Waals surface area contributed by atoms with Crippen molar-refractivity contribution in [3.05, 3.63) is 6.92 Å². The molecule has 0 aliphatic carbocycles. The van der Waals surface area contributed by atoms with Crippen molar-refractivity contribution < 1.29 is 28.1 Å². The summed E-state index contributed by atoms with van der Waals surface area (Å²) in [6, 6.07) is 0. The zero-order chi connectivity index (χ0) is 11.5. The topological polar surface area (TPSA) is 41.6 Å². The van der Waals surface area contributed by atoms with Crippen molar-refractivity contribution in [3.8, 4) is 0 Å². The van der Waals surface area contributed by atoms with Crippen molar-refractivity contribution in [1.82, 2.24) is 10.2 Å². The van der Waals surface area contributed by atoms with Gasteiger partial charge in [-0.05, 0) is 27.3 Å². The first-order valence-corrected chi connectivity index (χ1v) is 5.40. The van der Waals surface area contributed by atoms with E-state index in [1.165, 1.54) is 0 Å². The largest absolute Gasteiger partial charge is 0.444 e. The molecule has 1 aliphatic heterocycles. The maximum atomic E-state index is 11.8. The molecule has 0 saturated carbocycles. The third kappa shape index (κ3) is 5.78. The minimum atomic E-state index is -0.423. The van der Waals surface area contributed by atoms with Crippen molar-refractivity contribution >= 4 is 6.09 Å². The van der Waals surface area contributed by atoms with Crippen molar-refractivity contribution in [2.75, 3.05) is 26.2 Å². The second kappa shape index (κ2) is 6.53. The number of rotatable bonds is 0. The number of carbonyl (C=O) groups excluding carboxylic acids is 1. The number of hydrogen-bond acceptors (Lipinski definition) is 3. The molecule has 1 radical (unpaired) electrons. The molecule has 0 bridgehead atoms.